The van der Waals surface area contributed by atoms with Crippen molar-refractivity contribution >= 4 is 6.09 Å². The molecule has 0 spiro atoms. The number of halogens is 1. The maximum Gasteiger partial charge on any atom is 0.410 e. The molecule has 1 aliphatic rings. The van der Waals surface area contributed by atoms with Crippen LogP contribution in [0.1, 0.15) is 27.2 Å². The molecular weight excluding hydrogens is 227 g/mol. The van der Waals surface area contributed by atoms with E-state index in [0.29, 0.717) is 6.42 Å². The first-order valence-corrected chi connectivity index (χ1v) is 5.47. The van der Waals surface area contributed by atoms with E-state index in [0.717, 1.165) is 0 Å². The van der Waals surface area contributed by atoms with E-state index in [1.165, 1.54) is 4.90 Å². The smallest absolute Gasteiger partial charge is 0.410 e. The Balaban J connectivity index is 2.68. The van der Waals surface area contributed by atoms with Crippen molar-refractivity contribution in [2.45, 2.75) is 44.9 Å². The summed E-state index contributed by atoms with van der Waals surface area (Å²) in [6.07, 6.45) is -0.212. The zero-order chi connectivity index (χ0) is 13.1. The summed E-state index contributed by atoms with van der Waals surface area (Å²) in [4.78, 5) is 15.8. The second-order valence-electron chi connectivity index (χ2n) is 5.04. The van der Waals surface area contributed by atoms with Crippen molar-refractivity contribution in [3.05, 3.63) is 10.4 Å². The van der Waals surface area contributed by atoms with Crippen molar-refractivity contribution in [3.8, 4) is 0 Å². The van der Waals surface area contributed by atoms with Crippen molar-refractivity contribution in [1.82, 2.24) is 4.90 Å². The van der Waals surface area contributed by atoms with Crippen LogP contribution >= 0.6 is 0 Å². The van der Waals surface area contributed by atoms with Gasteiger partial charge in [-0.2, -0.15) is 0 Å². The van der Waals surface area contributed by atoms with Crippen LogP contribution in [-0.4, -0.2) is 41.9 Å². The van der Waals surface area contributed by atoms with Gasteiger partial charge in [0.05, 0.1) is 12.1 Å². The number of alkyl halides is 1. The number of hydrogen-bond donors (Lipinski definition) is 0. The molecule has 1 aliphatic heterocycles. The van der Waals surface area contributed by atoms with Crippen molar-refractivity contribution in [2.75, 3.05) is 13.2 Å². The molecule has 1 fully saturated rings. The first-order valence-electron chi connectivity index (χ1n) is 5.47. The van der Waals surface area contributed by atoms with Crippen LogP contribution in [-0.2, 0) is 4.74 Å². The molecule has 0 aromatic carbocycles. The standard InChI is InChI=1S/C10H17FN4O2/c1-10(2,3)17-9(16)15-6-7(13-14-12)4-8(15)5-11/h7-8H,4-6H2,1-3H3/t7?,8-/m0/s1. The minimum Gasteiger partial charge on any atom is -0.444 e. The number of ether oxygens (including phenoxy) is 1. The average molecular weight is 244 g/mol. The van der Waals surface area contributed by atoms with Crippen LogP contribution in [0.2, 0.25) is 0 Å². The number of likely N-dealkylation sites (tertiary alicyclic amines) is 1. The molecule has 1 amide bonds. The number of hydrogen-bond acceptors (Lipinski definition) is 3. The molecule has 1 heterocycles. The van der Waals surface area contributed by atoms with Gasteiger partial charge in [0.15, 0.2) is 0 Å². The first kappa shape index (κ1) is 13.6. The maximum absolute atomic E-state index is 12.8. The summed E-state index contributed by atoms with van der Waals surface area (Å²) >= 11 is 0. The summed E-state index contributed by atoms with van der Waals surface area (Å²) in [6, 6.07) is -0.923. The molecule has 6 nitrogen and oxygen atoms in total. The number of rotatable bonds is 2. The van der Waals surface area contributed by atoms with E-state index in [1.807, 2.05) is 0 Å². The molecule has 96 valence electrons. The predicted molar refractivity (Wildman–Crippen MR) is 60.3 cm³/mol. The van der Waals surface area contributed by atoms with Crippen LogP contribution in [0.15, 0.2) is 5.11 Å². The predicted octanol–water partition coefficient (Wildman–Crippen LogP) is 2.64. The Labute approximate surface area is 99.4 Å². The Morgan fingerprint density at radius 2 is 2.29 bits per heavy atom. The fourth-order valence-corrected chi connectivity index (χ4v) is 1.74. The van der Waals surface area contributed by atoms with Crippen LogP contribution < -0.4 is 0 Å². The van der Waals surface area contributed by atoms with E-state index in [4.69, 9.17) is 10.3 Å². The summed E-state index contributed by atoms with van der Waals surface area (Å²) in [5.41, 5.74) is 7.71. The second kappa shape index (κ2) is 5.23. The van der Waals surface area contributed by atoms with Gasteiger partial charge in [-0.1, -0.05) is 5.11 Å². The molecule has 7 heteroatoms. The van der Waals surface area contributed by atoms with Crippen LogP contribution in [0.25, 0.3) is 10.4 Å². The topological polar surface area (TPSA) is 78.3 Å². The maximum atomic E-state index is 12.8. The van der Waals surface area contributed by atoms with Crippen LogP contribution in [0.5, 0.6) is 0 Å². The fraction of sp³-hybridized carbons (Fsp3) is 0.900. The molecule has 0 aromatic heterocycles. The van der Waals surface area contributed by atoms with Crippen LogP contribution in [0.3, 0.4) is 0 Å². The quantitative estimate of drug-likeness (QED) is 0.425. The van der Waals surface area contributed by atoms with Crippen molar-refractivity contribution in [1.29, 1.82) is 0 Å². The van der Waals surface area contributed by atoms with Crippen molar-refractivity contribution < 1.29 is 13.9 Å². The van der Waals surface area contributed by atoms with Gasteiger partial charge >= 0.3 is 6.09 Å². The third kappa shape index (κ3) is 3.78. The summed E-state index contributed by atoms with van der Waals surface area (Å²) in [5, 5.41) is 3.52. The van der Waals surface area contributed by atoms with E-state index in [9.17, 15) is 9.18 Å². The minimum absolute atomic E-state index is 0.216. The van der Waals surface area contributed by atoms with Gasteiger partial charge in [-0.3, -0.25) is 0 Å². The normalized spacial score (nSPS) is 24.4. The average Bonchev–Trinajstić information content (AvgIpc) is 2.59. The van der Waals surface area contributed by atoms with Gasteiger partial charge in [-0.05, 0) is 32.7 Å². The van der Waals surface area contributed by atoms with Gasteiger partial charge in [0.1, 0.15) is 12.3 Å². The zero-order valence-corrected chi connectivity index (χ0v) is 10.3. The number of carbonyl (C=O) groups excluding carboxylic acids is 1. The lowest BCUT2D eigenvalue weighted by Crippen LogP contribution is -2.40. The molecule has 2 atom stereocenters. The molecule has 17 heavy (non-hydrogen) atoms. The number of nitrogens with zero attached hydrogens (tertiary/aromatic N) is 4. The van der Waals surface area contributed by atoms with E-state index < -0.39 is 24.4 Å². The Morgan fingerprint density at radius 1 is 1.65 bits per heavy atom. The first-order chi connectivity index (χ1) is 7.87. The number of carbonyl (C=O) groups is 1. The molecule has 1 saturated heterocycles. The second-order valence-corrected chi connectivity index (χ2v) is 5.04. The van der Waals surface area contributed by atoms with Crippen LogP contribution in [0, 0.1) is 0 Å². The highest BCUT2D eigenvalue weighted by Crippen LogP contribution is 2.23. The number of amides is 1. The molecule has 0 aliphatic carbocycles. The molecule has 0 radical (unpaired) electrons. The Bertz CT molecular complexity index is 336. The Morgan fingerprint density at radius 3 is 2.76 bits per heavy atom. The van der Waals surface area contributed by atoms with Gasteiger partial charge in [-0.25, -0.2) is 9.18 Å². The highest BCUT2D eigenvalue weighted by Gasteiger charge is 2.37. The van der Waals surface area contributed by atoms with Gasteiger partial charge in [0.25, 0.3) is 0 Å². The molecule has 0 aromatic rings. The van der Waals surface area contributed by atoms with E-state index in [-0.39, 0.29) is 12.6 Å². The molecule has 1 unspecified atom stereocenters. The minimum atomic E-state index is -0.656. The van der Waals surface area contributed by atoms with Crippen LogP contribution in [0.4, 0.5) is 9.18 Å². The van der Waals surface area contributed by atoms with Gasteiger partial charge in [-0.15, -0.1) is 0 Å². The van der Waals surface area contributed by atoms with Crippen molar-refractivity contribution in [3.63, 3.8) is 0 Å². The van der Waals surface area contributed by atoms with Gasteiger partial charge in [0.2, 0.25) is 0 Å². The summed E-state index contributed by atoms with van der Waals surface area (Å²) in [7, 11) is 0. The molecule has 0 saturated carbocycles. The Hall–Kier alpha value is -1.49. The highest BCUT2D eigenvalue weighted by atomic mass is 19.1. The number of azide groups is 1. The molecular formula is C10H17FN4O2. The summed E-state index contributed by atoms with van der Waals surface area (Å²) in [6.45, 7) is 4.80. The third-order valence-corrected chi connectivity index (χ3v) is 2.41. The molecule has 1 rings (SSSR count). The van der Waals surface area contributed by atoms with E-state index >= 15 is 0 Å². The summed E-state index contributed by atoms with van der Waals surface area (Å²) < 4.78 is 17.9. The van der Waals surface area contributed by atoms with Gasteiger partial charge in [0, 0.05) is 11.5 Å². The lowest BCUT2D eigenvalue weighted by atomic mass is 10.2. The zero-order valence-electron chi connectivity index (χ0n) is 10.3. The van der Waals surface area contributed by atoms with Crippen molar-refractivity contribution in [2.24, 2.45) is 5.11 Å². The monoisotopic (exact) mass is 244 g/mol. The third-order valence-electron chi connectivity index (χ3n) is 2.41. The van der Waals surface area contributed by atoms with E-state index in [1.54, 1.807) is 20.8 Å². The lowest BCUT2D eigenvalue weighted by Gasteiger charge is -2.27. The fourth-order valence-electron chi connectivity index (χ4n) is 1.74. The summed E-state index contributed by atoms with van der Waals surface area (Å²) in [5.74, 6) is 0. The van der Waals surface area contributed by atoms with E-state index in [2.05, 4.69) is 10.0 Å². The molecule has 0 N–H and O–H groups in total. The van der Waals surface area contributed by atoms with Gasteiger partial charge < -0.3 is 9.64 Å². The Kier molecular flexibility index (Phi) is 4.17. The SMILES string of the molecule is CC(C)(C)OC(=O)N1CC(N=[N+]=[N-])C[C@H]1CF. The highest BCUT2D eigenvalue weighted by molar-refractivity contribution is 5.69. The lowest BCUT2D eigenvalue weighted by molar-refractivity contribution is 0.0206. The largest absolute Gasteiger partial charge is 0.444 e. The molecule has 0 bridgehead atoms.